The summed E-state index contributed by atoms with van der Waals surface area (Å²) in [5.41, 5.74) is 0.463. The fraction of sp³-hybridized carbons (Fsp3) is 0.564. The van der Waals surface area contributed by atoms with E-state index in [2.05, 4.69) is 21.3 Å². The molecule has 0 aliphatic heterocycles. The summed E-state index contributed by atoms with van der Waals surface area (Å²) >= 11 is 1.69. The van der Waals surface area contributed by atoms with Gasteiger partial charge in [0.2, 0.25) is 23.6 Å². The van der Waals surface area contributed by atoms with Crippen LogP contribution in [0, 0.1) is 0 Å². The van der Waals surface area contributed by atoms with Crippen molar-refractivity contribution in [3.63, 3.8) is 0 Å². The number of rotatable bonds is 19. The summed E-state index contributed by atoms with van der Waals surface area (Å²) < 4.78 is 11.3. The van der Waals surface area contributed by atoms with Gasteiger partial charge in [-0.2, -0.15) is 11.8 Å². The number of thioether (sulfide) groups is 1. The van der Waals surface area contributed by atoms with Crippen molar-refractivity contribution in [2.75, 3.05) is 32.1 Å². The average Bonchev–Trinajstić information content (AvgIpc) is 3.06. The Balaban J connectivity index is 2.16. The Bertz CT molecular complexity index is 1440. The molecule has 0 saturated carbocycles. The summed E-state index contributed by atoms with van der Waals surface area (Å²) in [5.74, 6) is -0.313. The fourth-order valence-corrected chi connectivity index (χ4v) is 5.58. The van der Waals surface area contributed by atoms with E-state index in [0.717, 1.165) is 23.3 Å². The number of nitrogens with zero attached hydrogens (tertiary/aromatic N) is 1. The molecule has 2 rings (SSSR count). The largest absolute Gasteiger partial charge is 0.488 e. The molecule has 0 spiro atoms. The third-order valence-corrected chi connectivity index (χ3v) is 8.38. The second-order valence-corrected chi connectivity index (χ2v) is 15.7. The summed E-state index contributed by atoms with van der Waals surface area (Å²) in [6.45, 7) is 13.0. The molecule has 12 nitrogen and oxygen atoms in total. The zero-order valence-corrected chi connectivity index (χ0v) is 33.1. The first kappa shape index (κ1) is 43.9. The van der Waals surface area contributed by atoms with Gasteiger partial charge in [0.1, 0.15) is 35.1 Å². The van der Waals surface area contributed by atoms with E-state index in [1.807, 2.05) is 76.4 Å². The van der Waals surface area contributed by atoms with Crippen molar-refractivity contribution in [3.8, 4) is 5.75 Å². The number of carbonyl (C=O) groups is 5. The van der Waals surface area contributed by atoms with Gasteiger partial charge in [0.25, 0.3) is 0 Å². The zero-order chi connectivity index (χ0) is 38.9. The Morgan fingerprint density at radius 3 is 1.98 bits per heavy atom. The molecule has 0 aliphatic carbocycles. The number of likely N-dealkylation sites (N-methyl/N-ethyl adjacent to an activating group) is 1. The Labute approximate surface area is 313 Å². The summed E-state index contributed by atoms with van der Waals surface area (Å²) in [4.78, 5) is 67.9. The normalized spacial score (nSPS) is 13.2. The molecule has 0 heterocycles. The van der Waals surface area contributed by atoms with Crippen molar-refractivity contribution in [2.24, 2.45) is 0 Å². The SMILES string of the molecule is CCC[C@@H](NC(=O)[C@H](Cc1ccc(OC(C)(C)C)cc1)NC(=O)OC(C)(C)C)C(=O)NCC(=O)N(C)[C@@H](Cc1ccccc1)C(=O)NCCCSC. The Morgan fingerprint density at radius 1 is 0.769 bits per heavy atom. The predicted molar refractivity (Wildman–Crippen MR) is 206 cm³/mol. The van der Waals surface area contributed by atoms with Crippen LogP contribution < -0.4 is 26.0 Å². The lowest BCUT2D eigenvalue weighted by Crippen LogP contribution is -2.56. The van der Waals surface area contributed by atoms with Crippen LogP contribution in [0.4, 0.5) is 4.79 Å². The molecule has 288 valence electrons. The highest BCUT2D eigenvalue weighted by Gasteiger charge is 2.31. The summed E-state index contributed by atoms with van der Waals surface area (Å²) in [7, 11) is 1.55. The average molecular weight is 742 g/mol. The van der Waals surface area contributed by atoms with Crippen molar-refractivity contribution in [1.29, 1.82) is 0 Å². The molecule has 0 aromatic heterocycles. The van der Waals surface area contributed by atoms with Crippen LogP contribution in [-0.4, -0.2) is 96.1 Å². The maximum atomic E-state index is 13.7. The molecule has 0 radical (unpaired) electrons. The van der Waals surface area contributed by atoms with E-state index in [9.17, 15) is 24.0 Å². The predicted octanol–water partition coefficient (Wildman–Crippen LogP) is 4.64. The number of benzene rings is 2. The van der Waals surface area contributed by atoms with Crippen LogP contribution in [0.2, 0.25) is 0 Å². The first-order valence-corrected chi connectivity index (χ1v) is 19.2. The van der Waals surface area contributed by atoms with Crippen molar-refractivity contribution in [2.45, 2.75) is 110 Å². The van der Waals surface area contributed by atoms with Gasteiger partial charge < -0.3 is 35.6 Å². The highest BCUT2D eigenvalue weighted by atomic mass is 32.2. The molecule has 0 unspecified atom stereocenters. The van der Waals surface area contributed by atoms with E-state index in [-0.39, 0.29) is 30.9 Å². The van der Waals surface area contributed by atoms with E-state index in [4.69, 9.17) is 9.47 Å². The number of carbonyl (C=O) groups excluding carboxylic acids is 5. The molecule has 5 amide bonds. The minimum atomic E-state index is -1.07. The number of amides is 5. The van der Waals surface area contributed by atoms with Crippen molar-refractivity contribution >= 4 is 41.5 Å². The van der Waals surface area contributed by atoms with Crippen LogP contribution in [-0.2, 0) is 36.8 Å². The molecule has 52 heavy (non-hydrogen) atoms. The van der Waals surface area contributed by atoms with Gasteiger partial charge in [0.15, 0.2) is 0 Å². The molecule has 2 aromatic carbocycles. The highest BCUT2D eigenvalue weighted by Crippen LogP contribution is 2.19. The fourth-order valence-electron chi connectivity index (χ4n) is 5.14. The molecule has 13 heteroatoms. The molecule has 0 saturated heterocycles. The number of ether oxygens (including phenoxy) is 2. The van der Waals surface area contributed by atoms with Gasteiger partial charge >= 0.3 is 6.09 Å². The van der Waals surface area contributed by atoms with Gasteiger partial charge in [-0.3, -0.25) is 19.2 Å². The Morgan fingerprint density at radius 2 is 1.40 bits per heavy atom. The van der Waals surface area contributed by atoms with Crippen LogP contribution in [0.25, 0.3) is 0 Å². The maximum absolute atomic E-state index is 13.7. The summed E-state index contributed by atoms with van der Waals surface area (Å²) in [6.07, 6.45) is 3.29. The molecule has 2 aromatic rings. The van der Waals surface area contributed by atoms with Crippen LogP contribution in [0.1, 0.15) is 78.9 Å². The van der Waals surface area contributed by atoms with Crippen LogP contribution in [0.15, 0.2) is 54.6 Å². The van der Waals surface area contributed by atoms with Crippen molar-refractivity contribution in [1.82, 2.24) is 26.2 Å². The molecular weight excluding hydrogens is 683 g/mol. The maximum Gasteiger partial charge on any atom is 0.408 e. The van der Waals surface area contributed by atoms with E-state index in [1.54, 1.807) is 51.7 Å². The molecule has 0 bridgehead atoms. The van der Waals surface area contributed by atoms with E-state index < -0.39 is 47.5 Å². The number of hydrogen-bond donors (Lipinski definition) is 4. The van der Waals surface area contributed by atoms with Crippen LogP contribution in [0.5, 0.6) is 5.75 Å². The van der Waals surface area contributed by atoms with E-state index in [1.165, 1.54) is 4.90 Å². The zero-order valence-electron chi connectivity index (χ0n) is 32.3. The first-order chi connectivity index (χ1) is 24.4. The number of alkyl carbamates (subject to hydrolysis) is 1. The quantitative estimate of drug-likeness (QED) is 0.152. The number of hydrogen-bond acceptors (Lipinski definition) is 8. The minimum Gasteiger partial charge on any atom is -0.488 e. The van der Waals surface area contributed by atoms with Gasteiger partial charge in [0, 0.05) is 26.4 Å². The lowest BCUT2D eigenvalue weighted by atomic mass is 10.0. The second kappa shape index (κ2) is 21.3. The third kappa shape index (κ3) is 16.8. The summed E-state index contributed by atoms with van der Waals surface area (Å²) in [5, 5.41) is 11.0. The first-order valence-electron chi connectivity index (χ1n) is 17.8. The minimum absolute atomic E-state index is 0.118. The van der Waals surface area contributed by atoms with Crippen molar-refractivity contribution in [3.05, 3.63) is 65.7 Å². The number of nitrogens with one attached hydrogen (secondary N) is 4. The summed E-state index contributed by atoms with van der Waals surface area (Å²) in [6, 6.07) is 13.8. The Kier molecular flexibility index (Phi) is 18.0. The molecule has 3 atom stereocenters. The molecular formula is C39H59N5O7S. The van der Waals surface area contributed by atoms with Crippen molar-refractivity contribution < 1.29 is 33.4 Å². The van der Waals surface area contributed by atoms with Gasteiger partial charge in [-0.25, -0.2) is 4.79 Å². The van der Waals surface area contributed by atoms with Gasteiger partial charge in [0.05, 0.1) is 6.54 Å². The highest BCUT2D eigenvalue weighted by molar-refractivity contribution is 7.98. The van der Waals surface area contributed by atoms with Gasteiger partial charge in [-0.1, -0.05) is 55.8 Å². The van der Waals surface area contributed by atoms with E-state index in [0.29, 0.717) is 25.1 Å². The third-order valence-electron chi connectivity index (χ3n) is 7.68. The van der Waals surface area contributed by atoms with Gasteiger partial charge in [-0.05, 0) is 89.7 Å². The molecule has 0 fully saturated rings. The lowest BCUT2D eigenvalue weighted by Gasteiger charge is -2.28. The monoisotopic (exact) mass is 741 g/mol. The second-order valence-electron chi connectivity index (χ2n) is 14.7. The van der Waals surface area contributed by atoms with Crippen LogP contribution >= 0.6 is 11.8 Å². The molecule has 4 N–H and O–H groups in total. The standard InChI is InChI=1S/C39H59N5O7S/c1-10-15-30(34(46)41-26-33(45)44(8)32(25-27-16-12-11-13-17-27)36(48)40-22-14-23-52-9)42-35(47)31(43-37(49)51-39(5,6)7)24-28-18-20-29(21-19-28)50-38(2,3)4/h11-13,16-21,30-32H,10,14-15,22-26H2,1-9H3,(H,40,48)(H,41,46)(H,42,47)(H,43,49)/t30-,31+,32+/m1/s1. The Hall–Kier alpha value is -4.26. The van der Waals surface area contributed by atoms with Crippen LogP contribution in [0.3, 0.4) is 0 Å². The van der Waals surface area contributed by atoms with E-state index >= 15 is 0 Å². The lowest BCUT2D eigenvalue weighted by molar-refractivity contribution is -0.139. The van der Waals surface area contributed by atoms with Gasteiger partial charge in [-0.15, -0.1) is 0 Å². The smallest absolute Gasteiger partial charge is 0.408 e. The molecule has 0 aliphatic rings. The topological polar surface area (TPSA) is 155 Å².